The maximum absolute atomic E-state index is 13.3. The van der Waals surface area contributed by atoms with E-state index in [9.17, 15) is 9.18 Å². The molecule has 2 aromatic heterocycles. The largest absolute Gasteiger partial charge is 0.424 e. The van der Waals surface area contributed by atoms with Gasteiger partial charge in [0.15, 0.2) is 0 Å². The molecule has 134 valence electrons. The highest BCUT2D eigenvalue weighted by Gasteiger charge is 2.22. The van der Waals surface area contributed by atoms with E-state index in [4.69, 9.17) is 4.42 Å². The first-order valence-electron chi connectivity index (χ1n) is 8.47. The molecule has 0 radical (unpaired) electrons. The summed E-state index contributed by atoms with van der Waals surface area (Å²) in [6.07, 6.45) is 3.33. The number of hydrogen-bond donors (Lipinski definition) is 0. The molecule has 0 N–H and O–H groups in total. The summed E-state index contributed by atoms with van der Waals surface area (Å²) in [5, 5.41) is 8.13. The van der Waals surface area contributed by atoms with E-state index in [1.54, 1.807) is 4.90 Å². The number of rotatable bonds is 4. The van der Waals surface area contributed by atoms with Crippen LogP contribution in [0.15, 0.2) is 22.9 Å². The first kappa shape index (κ1) is 17.5. The van der Waals surface area contributed by atoms with Crippen LogP contribution in [-0.2, 0) is 6.54 Å². The lowest BCUT2D eigenvalue weighted by Crippen LogP contribution is -2.35. The summed E-state index contributed by atoms with van der Waals surface area (Å²) < 4.78 is 18.9. The van der Waals surface area contributed by atoms with E-state index in [-0.39, 0.29) is 17.4 Å². The van der Waals surface area contributed by atoms with Crippen molar-refractivity contribution in [3.8, 4) is 0 Å². The Hall–Kier alpha value is -2.35. The van der Waals surface area contributed by atoms with Crippen LogP contribution in [-0.4, -0.2) is 57.1 Å². The number of aromatic nitrogens is 3. The van der Waals surface area contributed by atoms with Gasteiger partial charge in [0.25, 0.3) is 5.91 Å². The molecule has 0 spiro atoms. The normalized spacial score (nSPS) is 16.2. The number of halogens is 1. The van der Waals surface area contributed by atoms with Crippen molar-refractivity contribution in [2.45, 2.75) is 32.7 Å². The van der Waals surface area contributed by atoms with E-state index >= 15 is 0 Å². The average molecular weight is 347 g/mol. The van der Waals surface area contributed by atoms with Crippen LogP contribution in [0.5, 0.6) is 0 Å². The van der Waals surface area contributed by atoms with Gasteiger partial charge >= 0.3 is 0 Å². The molecule has 7 nitrogen and oxygen atoms in total. The van der Waals surface area contributed by atoms with Crippen molar-refractivity contribution >= 4 is 5.91 Å². The van der Waals surface area contributed by atoms with E-state index in [2.05, 4.69) is 20.1 Å². The van der Waals surface area contributed by atoms with Crippen molar-refractivity contribution in [3.63, 3.8) is 0 Å². The zero-order valence-electron chi connectivity index (χ0n) is 14.5. The molecule has 1 aliphatic heterocycles. The molecule has 1 saturated heterocycles. The molecule has 0 aromatic carbocycles. The minimum absolute atomic E-state index is 0.186. The van der Waals surface area contributed by atoms with Gasteiger partial charge in [0.1, 0.15) is 5.82 Å². The van der Waals surface area contributed by atoms with Crippen LogP contribution >= 0.6 is 0 Å². The molecule has 3 heterocycles. The van der Waals surface area contributed by atoms with Crippen molar-refractivity contribution < 1.29 is 13.6 Å². The molecule has 1 fully saturated rings. The van der Waals surface area contributed by atoms with Crippen LogP contribution in [0.1, 0.15) is 48.3 Å². The maximum Gasteiger partial charge on any atom is 0.255 e. The summed E-state index contributed by atoms with van der Waals surface area (Å²) in [5.41, 5.74) is 0.284. The van der Waals surface area contributed by atoms with Gasteiger partial charge in [-0.25, -0.2) is 4.39 Å². The standard InChI is InChI=1S/C17H22FN5O2/c1-12(2)16-21-20-15(25-16)11-22-4-3-5-23(7-6-22)17(24)13-8-14(18)10-19-9-13/h8-10,12H,3-7,11H2,1-2H3. The fraction of sp³-hybridized carbons (Fsp3) is 0.529. The molecular formula is C17H22FN5O2. The highest BCUT2D eigenvalue weighted by Crippen LogP contribution is 2.15. The number of pyridine rings is 1. The van der Waals surface area contributed by atoms with Crippen LogP contribution in [0.2, 0.25) is 0 Å². The molecular weight excluding hydrogens is 325 g/mol. The first-order valence-corrected chi connectivity index (χ1v) is 8.47. The average Bonchev–Trinajstić information content (AvgIpc) is 2.93. The highest BCUT2D eigenvalue weighted by atomic mass is 19.1. The van der Waals surface area contributed by atoms with Gasteiger partial charge < -0.3 is 9.32 Å². The van der Waals surface area contributed by atoms with Gasteiger partial charge in [0.2, 0.25) is 11.8 Å². The van der Waals surface area contributed by atoms with Gasteiger partial charge in [-0.2, -0.15) is 0 Å². The molecule has 1 aliphatic rings. The summed E-state index contributed by atoms with van der Waals surface area (Å²) >= 11 is 0. The fourth-order valence-electron chi connectivity index (χ4n) is 2.80. The number of carbonyl (C=O) groups is 1. The second-order valence-corrected chi connectivity index (χ2v) is 6.50. The Morgan fingerprint density at radius 1 is 1.24 bits per heavy atom. The van der Waals surface area contributed by atoms with Gasteiger partial charge in [0.05, 0.1) is 18.3 Å². The number of carbonyl (C=O) groups excluding carboxylic acids is 1. The summed E-state index contributed by atoms with van der Waals surface area (Å²) in [6.45, 7) is 7.33. The van der Waals surface area contributed by atoms with Crippen molar-refractivity contribution in [2.24, 2.45) is 0 Å². The Morgan fingerprint density at radius 2 is 2.08 bits per heavy atom. The van der Waals surface area contributed by atoms with Gasteiger partial charge in [-0.3, -0.25) is 14.7 Å². The van der Waals surface area contributed by atoms with E-state index in [0.29, 0.717) is 38.0 Å². The number of hydrogen-bond acceptors (Lipinski definition) is 6. The third kappa shape index (κ3) is 4.39. The Labute approximate surface area is 145 Å². The smallest absolute Gasteiger partial charge is 0.255 e. The topological polar surface area (TPSA) is 75.4 Å². The van der Waals surface area contributed by atoms with Crippen molar-refractivity contribution in [3.05, 3.63) is 41.6 Å². The summed E-state index contributed by atoms with van der Waals surface area (Å²) in [5.74, 6) is 0.754. The predicted octanol–water partition coefficient (Wildman–Crippen LogP) is 2.08. The van der Waals surface area contributed by atoms with E-state index in [1.807, 2.05) is 13.8 Å². The van der Waals surface area contributed by atoms with E-state index in [0.717, 1.165) is 19.2 Å². The summed E-state index contributed by atoms with van der Waals surface area (Å²) in [6, 6.07) is 1.23. The Kier molecular flexibility index (Phi) is 5.37. The Bertz CT molecular complexity index is 733. The second-order valence-electron chi connectivity index (χ2n) is 6.50. The Morgan fingerprint density at radius 3 is 2.80 bits per heavy atom. The second kappa shape index (κ2) is 7.69. The summed E-state index contributed by atoms with van der Waals surface area (Å²) in [4.78, 5) is 20.2. The third-order valence-electron chi connectivity index (χ3n) is 4.16. The van der Waals surface area contributed by atoms with Crippen molar-refractivity contribution in [1.82, 2.24) is 25.0 Å². The van der Waals surface area contributed by atoms with Crippen LogP contribution in [0.4, 0.5) is 4.39 Å². The van der Waals surface area contributed by atoms with Crippen LogP contribution in [0.25, 0.3) is 0 Å². The molecule has 0 bridgehead atoms. The zero-order chi connectivity index (χ0) is 17.8. The van der Waals surface area contributed by atoms with Crippen LogP contribution < -0.4 is 0 Å². The van der Waals surface area contributed by atoms with Gasteiger partial charge in [-0.1, -0.05) is 13.8 Å². The van der Waals surface area contributed by atoms with Crippen molar-refractivity contribution in [1.29, 1.82) is 0 Å². The minimum atomic E-state index is -0.500. The molecule has 25 heavy (non-hydrogen) atoms. The molecule has 8 heteroatoms. The van der Waals surface area contributed by atoms with Gasteiger partial charge in [-0.05, 0) is 12.5 Å². The number of amides is 1. The van der Waals surface area contributed by atoms with E-state index in [1.165, 1.54) is 12.3 Å². The third-order valence-corrected chi connectivity index (χ3v) is 4.16. The lowest BCUT2D eigenvalue weighted by molar-refractivity contribution is 0.0759. The maximum atomic E-state index is 13.3. The quantitative estimate of drug-likeness (QED) is 0.843. The highest BCUT2D eigenvalue weighted by molar-refractivity contribution is 5.93. The fourth-order valence-corrected chi connectivity index (χ4v) is 2.80. The zero-order valence-corrected chi connectivity index (χ0v) is 14.5. The molecule has 3 rings (SSSR count). The SMILES string of the molecule is CC(C)c1nnc(CN2CCCN(C(=O)c3cncc(F)c3)CC2)o1. The summed E-state index contributed by atoms with van der Waals surface area (Å²) in [7, 11) is 0. The molecule has 0 atom stereocenters. The lowest BCUT2D eigenvalue weighted by atomic mass is 10.2. The predicted molar refractivity (Wildman–Crippen MR) is 88.4 cm³/mol. The first-order chi connectivity index (χ1) is 12.0. The van der Waals surface area contributed by atoms with Crippen LogP contribution in [0.3, 0.4) is 0 Å². The van der Waals surface area contributed by atoms with Crippen molar-refractivity contribution in [2.75, 3.05) is 26.2 Å². The molecule has 0 unspecified atom stereocenters. The molecule has 2 aromatic rings. The van der Waals surface area contributed by atoms with Gasteiger partial charge in [0, 0.05) is 38.3 Å². The van der Waals surface area contributed by atoms with E-state index < -0.39 is 5.82 Å². The number of nitrogens with zero attached hydrogens (tertiary/aromatic N) is 5. The van der Waals surface area contributed by atoms with Crippen LogP contribution in [0, 0.1) is 5.82 Å². The van der Waals surface area contributed by atoms with Gasteiger partial charge in [-0.15, -0.1) is 10.2 Å². The molecule has 1 amide bonds. The Balaban J connectivity index is 1.59. The lowest BCUT2D eigenvalue weighted by Gasteiger charge is -2.21. The molecule has 0 saturated carbocycles. The molecule has 0 aliphatic carbocycles. The monoisotopic (exact) mass is 347 g/mol. The minimum Gasteiger partial charge on any atom is -0.424 e.